The fourth-order valence-corrected chi connectivity index (χ4v) is 2.54. The summed E-state index contributed by atoms with van der Waals surface area (Å²) in [5.74, 6) is -1.73. The standard InChI is InChI=1S/C23H29F3O/c1-7-27-18(5)14-21(24)19(6)16(3)10-8-15(2)9-12-20-13-11-17(4)22(25)23(20)26/h9,11-16H,5-8,10H2,1-4H3/b12-9+,21-14+. The van der Waals surface area contributed by atoms with Crippen LogP contribution in [-0.2, 0) is 4.74 Å². The number of hydrogen-bond donors (Lipinski definition) is 0. The Hall–Kier alpha value is -2.23. The molecule has 0 saturated carbocycles. The molecule has 27 heavy (non-hydrogen) atoms. The monoisotopic (exact) mass is 378 g/mol. The molecule has 1 rings (SSSR count). The molecule has 148 valence electrons. The van der Waals surface area contributed by atoms with E-state index in [2.05, 4.69) is 13.2 Å². The van der Waals surface area contributed by atoms with Gasteiger partial charge >= 0.3 is 0 Å². The van der Waals surface area contributed by atoms with Crippen LogP contribution in [0.15, 0.2) is 54.6 Å². The van der Waals surface area contributed by atoms with E-state index in [1.165, 1.54) is 13.0 Å². The maximum atomic E-state index is 14.2. The molecular weight excluding hydrogens is 349 g/mol. The average Bonchev–Trinajstić information content (AvgIpc) is 2.63. The van der Waals surface area contributed by atoms with Crippen molar-refractivity contribution in [2.45, 2.75) is 40.5 Å². The van der Waals surface area contributed by atoms with Gasteiger partial charge in [-0.25, -0.2) is 13.2 Å². The predicted octanol–water partition coefficient (Wildman–Crippen LogP) is 7.30. The van der Waals surface area contributed by atoms with Crippen LogP contribution in [-0.4, -0.2) is 6.61 Å². The highest BCUT2D eigenvalue weighted by Crippen LogP contribution is 2.26. The van der Waals surface area contributed by atoms with Crippen molar-refractivity contribution >= 4 is 6.08 Å². The summed E-state index contributed by atoms with van der Waals surface area (Å²) in [4.78, 5) is 0. The second-order valence-electron chi connectivity index (χ2n) is 6.83. The van der Waals surface area contributed by atoms with Crippen LogP contribution in [0.1, 0.15) is 44.7 Å². The second kappa shape index (κ2) is 10.8. The Kier molecular flexibility index (Phi) is 9.13. The van der Waals surface area contributed by atoms with Crippen LogP contribution in [0.3, 0.4) is 0 Å². The summed E-state index contributed by atoms with van der Waals surface area (Å²) >= 11 is 0. The van der Waals surface area contributed by atoms with Crippen LogP contribution in [0.4, 0.5) is 13.2 Å². The third-order valence-corrected chi connectivity index (χ3v) is 4.48. The number of rotatable bonds is 10. The zero-order valence-electron chi connectivity index (χ0n) is 16.6. The molecule has 0 aromatic heterocycles. The van der Waals surface area contributed by atoms with E-state index < -0.39 is 17.5 Å². The molecule has 0 amide bonds. The Balaban J connectivity index is 2.61. The molecule has 4 heteroatoms. The van der Waals surface area contributed by atoms with Gasteiger partial charge in [0.25, 0.3) is 0 Å². The Morgan fingerprint density at radius 2 is 1.81 bits per heavy atom. The molecule has 1 nitrogen and oxygen atoms in total. The van der Waals surface area contributed by atoms with E-state index in [0.29, 0.717) is 12.2 Å². The van der Waals surface area contributed by atoms with Crippen LogP contribution in [0.25, 0.3) is 6.08 Å². The van der Waals surface area contributed by atoms with Crippen molar-refractivity contribution < 1.29 is 17.9 Å². The van der Waals surface area contributed by atoms with Crippen LogP contribution >= 0.6 is 0 Å². The van der Waals surface area contributed by atoms with E-state index in [1.807, 2.05) is 19.9 Å². The molecule has 1 aromatic carbocycles. The van der Waals surface area contributed by atoms with Gasteiger partial charge in [0.2, 0.25) is 0 Å². The maximum absolute atomic E-state index is 14.2. The molecule has 1 aromatic rings. The SMILES string of the molecule is C=C(/C=C(/F)C(=C)C(C)CCC(C)/C=C/c1ccc(C)c(F)c1F)OCC. The fraction of sp³-hybridized carbons (Fsp3) is 0.391. The van der Waals surface area contributed by atoms with Crippen molar-refractivity contribution in [1.29, 1.82) is 0 Å². The van der Waals surface area contributed by atoms with E-state index in [0.717, 1.165) is 12.8 Å². The van der Waals surface area contributed by atoms with Crippen molar-refractivity contribution in [2.24, 2.45) is 11.8 Å². The zero-order chi connectivity index (χ0) is 20.6. The first-order valence-electron chi connectivity index (χ1n) is 9.18. The molecule has 2 unspecified atom stereocenters. The molecule has 0 spiro atoms. The quantitative estimate of drug-likeness (QED) is 0.307. The summed E-state index contributed by atoms with van der Waals surface area (Å²) in [6.07, 6.45) is 6.17. The first kappa shape index (κ1) is 22.8. The largest absolute Gasteiger partial charge is 0.494 e. The lowest BCUT2D eigenvalue weighted by atomic mass is 9.91. The Morgan fingerprint density at radius 3 is 2.44 bits per heavy atom. The molecule has 0 aliphatic heterocycles. The topological polar surface area (TPSA) is 9.23 Å². The molecule has 0 fully saturated rings. The lowest BCUT2D eigenvalue weighted by Gasteiger charge is -2.15. The molecule has 0 aliphatic carbocycles. The fourth-order valence-electron chi connectivity index (χ4n) is 2.54. The van der Waals surface area contributed by atoms with Crippen LogP contribution < -0.4 is 0 Å². The molecule has 0 radical (unpaired) electrons. The third-order valence-electron chi connectivity index (χ3n) is 4.48. The highest BCUT2D eigenvalue weighted by atomic mass is 19.2. The lowest BCUT2D eigenvalue weighted by molar-refractivity contribution is 0.243. The van der Waals surface area contributed by atoms with Crippen molar-refractivity contribution in [3.63, 3.8) is 0 Å². The second-order valence-corrected chi connectivity index (χ2v) is 6.83. The van der Waals surface area contributed by atoms with E-state index in [-0.39, 0.29) is 28.7 Å². The summed E-state index contributed by atoms with van der Waals surface area (Å²) in [7, 11) is 0. The molecule has 0 N–H and O–H groups in total. The van der Waals surface area contributed by atoms with Crippen molar-refractivity contribution in [3.05, 3.63) is 77.4 Å². The minimum absolute atomic E-state index is 0.0555. The summed E-state index contributed by atoms with van der Waals surface area (Å²) < 4.78 is 46.8. The van der Waals surface area contributed by atoms with Gasteiger partial charge in [-0.15, -0.1) is 0 Å². The van der Waals surface area contributed by atoms with Gasteiger partial charge in [-0.2, -0.15) is 0 Å². The average molecular weight is 378 g/mol. The van der Waals surface area contributed by atoms with E-state index in [9.17, 15) is 13.2 Å². The normalized spacial score (nSPS) is 14.3. The van der Waals surface area contributed by atoms with Gasteiger partial charge in [0, 0.05) is 11.6 Å². The van der Waals surface area contributed by atoms with E-state index >= 15 is 0 Å². The molecule has 0 bridgehead atoms. The van der Waals surface area contributed by atoms with Crippen molar-refractivity contribution in [1.82, 2.24) is 0 Å². The Morgan fingerprint density at radius 1 is 1.15 bits per heavy atom. The van der Waals surface area contributed by atoms with Gasteiger partial charge in [0.05, 0.1) is 6.61 Å². The molecule has 0 saturated heterocycles. The van der Waals surface area contributed by atoms with Crippen molar-refractivity contribution in [3.8, 4) is 0 Å². The van der Waals surface area contributed by atoms with E-state index in [4.69, 9.17) is 4.74 Å². The van der Waals surface area contributed by atoms with Crippen LogP contribution in [0, 0.1) is 30.4 Å². The molecule has 0 aliphatic rings. The van der Waals surface area contributed by atoms with Crippen molar-refractivity contribution in [2.75, 3.05) is 6.61 Å². The molecule has 2 atom stereocenters. The molecular formula is C23H29F3O. The summed E-state index contributed by atoms with van der Waals surface area (Å²) in [6.45, 7) is 15.1. The lowest BCUT2D eigenvalue weighted by Crippen LogP contribution is -2.03. The third kappa shape index (κ3) is 7.12. The van der Waals surface area contributed by atoms with Gasteiger partial charge < -0.3 is 4.74 Å². The molecule has 0 heterocycles. The van der Waals surface area contributed by atoms with Crippen LogP contribution in [0.5, 0.6) is 0 Å². The first-order valence-corrected chi connectivity index (χ1v) is 9.18. The van der Waals surface area contributed by atoms with Gasteiger partial charge in [-0.1, -0.05) is 51.3 Å². The minimum Gasteiger partial charge on any atom is -0.494 e. The minimum atomic E-state index is -0.832. The first-order chi connectivity index (χ1) is 12.7. The number of hydrogen-bond acceptors (Lipinski definition) is 1. The Labute approximate surface area is 160 Å². The van der Waals surface area contributed by atoms with E-state index in [1.54, 1.807) is 25.1 Å². The highest BCUT2D eigenvalue weighted by molar-refractivity contribution is 5.51. The van der Waals surface area contributed by atoms with Gasteiger partial charge in [0.15, 0.2) is 11.6 Å². The zero-order valence-corrected chi connectivity index (χ0v) is 16.6. The number of ether oxygens (including phenoxy) is 1. The number of aryl methyl sites for hydroxylation is 1. The highest BCUT2D eigenvalue weighted by Gasteiger charge is 2.13. The number of halogens is 3. The summed E-state index contributed by atoms with van der Waals surface area (Å²) in [6, 6.07) is 3.12. The van der Waals surface area contributed by atoms with Gasteiger partial charge in [-0.05, 0) is 49.7 Å². The van der Waals surface area contributed by atoms with Crippen LogP contribution in [0.2, 0.25) is 0 Å². The predicted molar refractivity (Wildman–Crippen MR) is 107 cm³/mol. The number of benzene rings is 1. The summed E-state index contributed by atoms with van der Waals surface area (Å²) in [5.41, 5.74) is 0.914. The summed E-state index contributed by atoms with van der Waals surface area (Å²) in [5, 5.41) is 0. The van der Waals surface area contributed by atoms with Gasteiger partial charge in [-0.3, -0.25) is 0 Å². The Bertz CT molecular complexity index is 731. The maximum Gasteiger partial charge on any atom is 0.166 e. The smallest absolute Gasteiger partial charge is 0.166 e. The number of allylic oxidation sites excluding steroid dienone is 4. The van der Waals surface area contributed by atoms with Gasteiger partial charge in [0.1, 0.15) is 11.6 Å².